The van der Waals surface area contributed by atoms with E-state index in [1.807, 2.05) is 30.3 Å². The quantitative estimate of drug-likeness (QED) is 0.798. The summed E-state index contributed by atoms with van der Waals surface area (Å²) in [7, 11) is 1.59. The summed E-state index contributed by atoms with van der Waals surface area (Å²) in [5.41, 5.74) is 1.48. The first kappa shape index (κ1) is 13.9. The zero-order chi connectivity index (χ0) is 15.4. The van der Waals surface area contributed by atoms with E-state index in [0.29, 0.717) is 11.6 Å². The molecule has 0 atom stereocenters. The van der Waals surface area contributed by atoms with E-state index in [1.165, 1.54) is 6.20 Å². The second kappa shape index (κ2) is 6.13. The molecule has 3 rings (SSSR count). The molecule has 0 unspecified atom stereocenters. The van der Waals surface area contributed by atoms with Crippen LogP contribution in [0.25, 0.3) is 11.5 Å². The predicted molar refractivity (Wildman–Crippen MR) is 82.9 cm³/mol. The van der Waals surface area contributed by atoms with Crippen molar-refractivity contribution < 1.29 is 13.9 Å². The fourth-order valence-electron chi connectivity index (χ4n) is 1.96. The van der Waals surface area contributed by atoms with Crippen LogP contribution in [0.5, 0.6) is 5.75 Å². The van der Waals surface area contributed by atoms with Crippen molar-refractivity contribution in [2.45, 2.75) is 0 Å². The number of nitrogens with zero attached hydrogens (tertiary/aromatic N) is 1. The maximum Gasteiger partial charge on any atom is 0.293 e. The first-order chi connectivity index (χ1) is 10.8. The fraction of sp³-hybridized carbons (Fsp3) is 0.0588. The number of rotatable bonds is 4. The minimum atomic E-state index is -0.347. The van der Waals surface area contributed by atoms with E-state index in [0.717, 1.165) is 11.3 Å². The van der Waals surface area contributed by atoms with Crippen LogP contribution in [0.15, 0.2) is 65.2 Å². The molecule has 22 heavy (non-hydrogen) atoms. The Hall–Kier alpha value is -3.08. The van der Waals surface area contributed by atoms with Gasteiger partial charge in [-0.3, -0.25) is 4.79 Å². The van der Waals surface area contributed by atoms with E-state index in [4.69, 9.17) is 9.15 Å². The summed E-state index contributed by atoms with van der Waals surface area (Å²) >= 11 is 0. The predicted octanol–water partition coefficient (Wildman–Crippen LogP) is 3.60. The van der Waals surface area contributed by atoms with Crippen LogP contribution in [0.1, 0.15) is 10.6 Å². The largest absolute Gasteiger partial charge is 0.497 e. The first-order valence-electron chi connectivity index (χ1n) is 6.73. The Morgan fingerprint density at radius 1 is 1.09 bits per heavy atom. The van der Waals surface area contributed by atoms with Gasteiger partial charge in [0.1, 0.15) is 5.75 Å². The molecule has 0 aliphatic rings. The third-order valence-corrected chi connectivity index (χ3v) is 3.10. The highest BCUT2D eigenvalue weighted by Crippen LogP contribution is 2.20. The smallest absolute Gasteiger partial charge is 0.293 e. The van der Waals surface area contributed by atoms with E-state index >= 15 is 0 Å². The molecule has 3 aromatic rings. The van der Waals surface area contributed by atoms with E-state index in [2.05, 4.69) is 10.3 Å². The van der Waals surface area contributed by atoms with Crippen LogP contribution < -0.4 is 10.1 Å². The van der Waals surface area contributed by atoms with Gasteiger partial charge in [-0.15, -0.1) is 0 Å². The molecule has 0 bridgehead atoms. The topological polar surface area (TPSA) is 64.4 Å². The molecule has 0 saturated carbocycles. The van der Waals surface area contributed by atoms with Crippen molar-refractivity contribution >= 4 is 11.6 Å². The van der Waals surface area contributed by atoms with Gasteiger partial charge in [0, 0.05) is 11.3 Å². The lowest BCUT2D eigenvalue weighted by molar-refractivity contribution is 0.0997. The van der Waals surface area contributed by atoms with Crippen LogP contribution in [-0.4, -0.2) is 18.0 Å². The van der Waals surface area contributed by atoms with Crippen molar-refractivity contribution in [3.05, 3.63) is 66.6 Å². The molecule has 110 valence electrons. The minimum Gasteiger partial charge on any atom is -0.497 e. The van der Waals surface area contributed by atoms with Crippen molar-refractivity contribution in [2.24, 2.45) is 0 Å². The van der Waals surface area contributed by atoms with Gasteiger partial charge in [0.25, 0.3) is 5.91 Å². The summed E-state index contributed by atoms with van der Waals surface area (Å²) in [5.74, 6) is 0.957. The van der Waals surface area contributed by atoms with E-state index in [9.17, 15) is 4.79 Å². The number of anilines is 1. The van der Waals surface area contributed by atoms with Gasteiger partial charge < -0.3 is 14.5 Å². The van der Waals surface area contributed by atoms with E-state index in [1.54, 1.807) is 31.4 Å². The lowest BCUT2D eigenvalue weighted by Gasteiger charge is -2.04. The van der Waals surface area contributed by atoms with Crippen LogP contribution in [0.4, 0.5) is 5.69 Å². The van der Waals surface area contributed by atoms with Crippen LogP contribution in [-0.2, 0) is 0 Å². The summed E-state index contributed by atoms with van der Waals surface area (Å²) in [5, 5.41) is 2.75. The monoisotopic (exact) mass is 294 g/mol. The van der Waals surface area contributed by atoms with Gasteiger partial charge in [-0.2, -0.15) is 0 Å². The Balaban J connectivity index is 1.74. The van der Waals surface area contributed by atoms with E-state index < -0.39 is 0 Å². The number of oxazole rings is 1. The molecule has 0 aliphatic carbocycles. The number of ether oxygens (including phenoxy) is 1. The van der Waals surface area contributed by atoms with E-state index in [-0.39, 0.29) is 11.7 Å². The van der Waals surface area contributed by atoms with Crippen LogP contribution in [0.2, 0.25) is 0 Å². The van der Waals surface area contributed by atoms with Gasteiger partial charge in [0.2, 0.25) is 11.7 Å². The fourth-order valence-corrected chi connectivity index (χ4v) is 1.96. The number of nitrogens with one attached hydrogen (secondary N) is 1. The van der Waals surface area contributed by atoms with Gasteiger partial charge in [0.05, 0.1) is 13.3 Å². The van der Waals surface area contributed by atoms with Crippen molar-refractivity contribution in [1.29, 1.82) is 0 Å². The Labute approximate surface area is 127 Å². The molecule has 0 radical (unpaired) electrons. The van der Waals surface area contributed by atoms with Gasteiger partial charge >= 0.3 is 0 Å². The second-order valence-electron chi connectivity index (χ2n) is 4.58. The number of benzene rings is 2. The molecule has 0 saturated heterocycles. The zero-order valence-corrected chi connectivity index (χ0v) is 11.9. The number of methoxy groups -OCH3 is 1. The third kappa shape index (κ3) is 2.98. The molecule has 1 heterocycles. The Kier molecular flexibility index (Phi) is 3.87. The second-order valence-corrected chi connectivity index (χ2v) is 4.58. The molecule has 0 spiro atoms. The summed E-state index contributed by atoms with van der Waals surface area (Å²) in [6.07, 6.45) is 1.42. The van der Waals surface area contributed by atoms with Gasteiger partial charge in [-0.25, -0.2) is 4.98 Å². The molecule has 1 N–H and O–H groups in total. The minimum absolute atomic E-state index is 0.162. The van der Waals surface area contributed by atoms with Crippen LogP contribution in [0, 0.1) is 0 Å². The molecule has 1 aromatic heterocycles. The number of hydrogen-bond acceptors (Lipinski definition) is 4. The molecule has 0 aliphatic heterocycles. The SMILES string of the molecule is COc1ccc(NC(=O)c2cnc(-c3ccccc3)o2)cc1. The number of amides is 1. The number of aromatic nitrogens is 1. The summed E-state index contributed by atoms with van der Waals surface area (Å²) in [6, 6.07) is 16.5. The Bertz CT molecular complexity index is 764. The van der Waals surface area contributed by atoms with Gasteiger partial charge in [0.15, 0.2) is 0 Å². The van der Waals surface area contributed by atoms with Crippen molar-refractivity contribution in [3.63, 3.8) is 0 Å². The number of carbonyl (C=O) groups excluding carboxylic acids is 1. The lowest BCUT2D eigenvalue weighted by Crippen LogP contribution is -2.10. The van der Waals surface area contributed by atoms with Gasteiger partial charge in [-0.1, -0.05) is 18.2 Å². The summed E-state index contributed by atoms with van der Waals surface area (Å²) in [6.45, 7) is 0. The molecule has 1 amide bonds. The average molecular weight is 294 g/mol. The highest BCUT2D eigenvalue weighted by molar-refractivity contribution is 6.02. The number of hydrogen-bond donors (Lipinski definition) is 1. The summed E-state index contributed by atoms with van der Waals surface area (Å²) in [4.78, 5) is 16.3. The zero-order valence-electron chi connectivity index (χ0n) is 11.9. The third-order valence-electron chi connectivity index (χ3n) is 3.10. The van der Waals surface area contributed by atoms with Gasteiger partial charge in [-0.05, 0) is 36.4 Å². The maximum atomic E-state index is 12.1. The Morgan fingerprint density at radius 2 is 1.82 bits per heavy atom. The lowest BCUT2D eigenvalue weighted by atomic mass is 10.2. The Morgan fingerprint density at radius 3 is 2.50 bits per heavy atom. The van der Waals surface area contributed by atoms with Crippen molar-refractivity contribution in [2.75, 3.05) is 12.4 Å². The molecule has 2 aromatic carbocycles. The van der Waals surface area contributed by atoms with Crippen molar-refractivity contribution in [3.8, 4) is 17.2 Å². The average Bonchev–Trinajstić information content (AvgIpc) is 3.06. The highest BCUT2D eigenvalue weighted by Gasteiger charge is 2.13. The maximum absolute atomic E-state index is 12.1. The molecular formula is C17H14N2O3. The molecule has 0 fully saturated rings. The highest BCUT2D eigenvalue weighted by atomic mass is 16.5. The van der Waals surface area contributed by atoms with Crippen LogP contribution >= 0.6 is 0 Å². The van der Waals surface area contributed by atoms with Crippen molar-refractivity contribution in [1.82, 2.24) is 4.98 Å². The number of carbonyl (C=O) groups is 1. The molecular weight excluding hydrogens is 280 g/mol. The van der Waals surface area contributed by atoms with Crippen LogP contribution in [0.3, 0.4) is 0 Å². The molecule has 5 nitrogen and oxygen atoms in total. The summed E-state index contributed by atoms with van der Waals surface area (Å²) < 4.78 is 10.6. The normalized spacial score (nSPS) is 10.2. The first-order valence-corrected chi connectivity index (χ1v) is 6.73. The standard InChI is InChI=1S/C17H14N2O3/c1-21-14-9-7-13(8-10-14)19-16(20)15-11-18-17(22-15)12-5-3-2-4-6-12/h2-11H,1H3,(H,19,20). The molecule has 5 heteroatoms.